The van der Waals surface area contributed by atoms with Crippen LogP contribution in [0.5, 0.6) is 5.75 Å². The Morgan fingerprint density at radius 2 is 1.88 bits per heavy atom. The molecule has 0 atom stereocenters. The number of methoxy groups -OCH3 is 1. The van der Waals surface area contributed by atoms with Gasteiger partial charge in [0.25, 0.3) is 5.91 Å². The Bertz CT molecular complexity index is 1130. The van der Waals surface area contributed by atoms with Crippen LogP contribution in [0.1, 0.15) is 16.1 Å². The van der Waals surface area contributed by atoms with E-state index >= 15 is 0 Å². The number of carbonyl (C=O) groups excluding carboxylic acids is 2. The summed E-state index contributed by atoms with van der Waals surface area (Å²) in [5.41, 5.74) is -0.631. The lowest BCUT2D eigenvalue weighted by molar-refractivity contribution is -0.137. The molecule has 170 valence electrons. The first-order valence-corrected chi connectivity index (χ1v) is 9.64. The lowest BCUT2D eigenvalue weighted by Crippen LogP contribution is -2.22. The van der Waals surface area contributed by atoms with Crippen LogP contribution in [-0.2, 0) is 20.4 Å². The van der Waals surface area contributed by atoms with Gasteiger partial charge < -0.3 is 24.5 Å². The molecule has 0 saturated heterocycles. The van der Waals surface area contributed by atoms with Gasteiger partial charge in [-0.05, 0) is 24.3 Å². The summed E-state index contributed by atoms with van der Waals surface area (Å²) in [6.45, 7) is -0.506. The highest BCUT2D eigenvalue weighted by Gasteiger charge is 2.31. The maximum absolute atomic E-state index is 13.1. The van der Waals surface area contributed by atoms with E-state index in [4.69, 9.17) is 25.8 Å². The van der Waals surface area contributed by atoms with Crippen LogP contribution in [0, 0.1) is 0 Å². The van der Waals surface area contributed by atoms with Crippen molar-refractivity contribution in [2.45, 2.75) is 6.18 Å². The first kappa shape index (κ1) is 23.4. The molecule has 0 fully saturated rings. The van der Waals surface area contributed by atoms with Crippen LogP contribution in [0.15, 0.2) is 42.5 Å². The molecule has 3 aromatic rings. The molecule has 32 heavy (non-hydrogen) atoms. The molecular weight excluding hydrogens is 453 g/mol. The van der Waals surface area contributed by atoms with E-state index < -0.39 is 30.2 Å². The van der Waals surface area contributed by atoms with Crippen LogP contribution in [-0.4, -0.2) is 43.8 Å². The lowest BCUT2D eigenvalue weighted by atomic mass is 10.1. The SMILES string of the molecule is COCCOc1ccc(C(F)(F)F)cc1NC(=O)COC(=O)c1[nH]c2ccccc2c1Cl. The molecule has 1 aromatic heterocycles. The summed E-state index contributed by atoms with van der Waals surface area (Å²) in [4.78, 5) is 27.4. The third-order valence-corrected chi connectivity index (χ3v) is 4.70. The third kappa shape index (κ3) is 5.51. The summed E-state index contributed by atoms with van der Waals surface area (Å²) in [6.07, 6.45) is -4.62. The van der Waals surface area contributed by atoms with Crippen LogP contribution >= 0.6 is 11.6 Å². The van der Waals surface area contributed by atoms with Gasteiger partial charge in [-0.1, -0.05) is 29.8 Å². The van der Waals surface area contributed by atoms with Gasteiger partial charge in [0.1, 0.15) is 18.1 Å². The minimum atomic E-state index is -4.62. The molecule has 3 rings (SSSR count). The maximum atomic E-state index is 13.1. The van der Waals surface area contributed by atoms with Crippen LogP contribution in [0.3, 0.4) is 0 Å². The zero-order valence-electron chi connectivity index (χ0n) is 16.7. The third-order valence-electron chi connectivity index (χ3n) is 4.31. The molecule has 11 heteroatoms. The Hall–Kier alpha value is -3.24. The molecule has 2 N–H and O–H groups in total. The molecular formula is C21H18ClF3N2O5. The van der Waals surface area contributed by atoms with Crippen molar-refractivity contribution in [3.8, 4) is 5.75 Å². The fraction of sp³-hybridized carbons (Fsp3) is 0.238. The minimum absolute atomic E-state index is 0.00777. The fourth-order valence-electron chi connectivity index (χ4n) is 2.80. The van der Waals surface area contributed by atoms with E-state index in [9.17, 15) is 22.8 Å². The van der Waals surface area contributed by atoms with Gasteiger partial charge >= 0.3 is 12.1 Å². The predicted octanol–water partition coefficient (Wildman–Crippen LogP) is 4.66. The molecule has 0 aliphatic heterocycles. The first-order valence-electron chi connectivity index (χ1n) is 9.27. The highest BCUT2D eigenvalue weighted by Crippen LogP contribution is 2.35. The zero-order valence-corrected chi connectivity index (χ0v) is 17.5. The van der Waals surface area contributed by atoms with E-state index in [0.29, 0.717) is 10.9 Å². The van der Waals surface area contributed by atoms with Gasteiger partial charge in [0, 0.05) is 18.0 Å². The van der Waals surface area contributed by atoms with E-state index in [-0.39, 0.29) is 35.4 Å². The van der Waals surface area contributed by atoms with E-state index in [1.54, 1.807) is 24.3 Å². The number of fused-ring (bicyclic) bond motifs is 1. The van der Waals surface area contributed by atoms with Crippen molar-refractivity contribution in [1.29, 1.82) is 0 Å². The second-order valence-corrected chi connectivity index (χ2v) is 6.91. The number of carbonyl (C=O) groups is 2. The summed E-state index contributed by atoms with van der Waals surface area (Å²) >= 11 is 6.17. The molecule has 2 aromatic carbocycles. The van der Waals surface area contributed by atoms with Crippen molar-refractivity contribution in [2.75, 3.05) is 32.2 Å². The van der Waals surface area contributed by atoms with E-state index in [0.717, 1.165) is 18.2 Å². The number of para-hydroxylation sites is 1. The standard InChI is InChI=1S/C21H18ClF3N2O5/c1-30-8-9-31-16-7-6-12(21(23,24)25)10-15(16)26-17(28)11-32-20(29)19-18(22)13-4-2-3-5-14(13)27-19/h2-7,10,27H,8-9,11H2,1H3,(H,26,28). The number of hydrogen-bond donors (Lipinski definition) is 2. The number of alkyl halides is 3. The highest BCUT2D eigenvalue weighted by molar-refractivity contribution is 6.38. The number of esters is 1. The molecule has 0 saturated carbocycles. The summed E-state index contributed by atoms with van der Waals surface area (Å²) in [5.74, 6) is -1.74. The average Bonchev–Trinajstić information content (AvgIpc) is 3.09. The number of halogens is 4. The molecule has 0 unspecified atom stereocenters. The molecule has 0 spiro atoms. The van der Waals surface area contributed by atoms with E-state index in [2.05, 4.69) is 10.3 Å². The lowest BCUT2D eigenvalue weighted by Gasteiger charge is -2.15. The molecule has 0 bridgehead atoms. The monoisotopic (exact) mass is 470 g/mol. The second-order valence-electron chi connectivity index (χ2n) is 6.53. The van der Waals surface area contributed by atoms with Crippen molar-refractivity contribution in [3.05, 3.63) is 58.7 Å². The Morgan fingerprint density at radius 3 is 2.56 bits per heavy atom. The Kier molecular flexibility index (Phi) is 7.26. The number of nitrogens with one attached hydrogen (secondary N) is 2. The minimum Gasteiger partial charge on any atom is -0.489 e. The maximum Gasteiger partial charge on any atom is 0.416 e. The summed E-state index contributed by atoms with van der Waals surface area (Å²) in [7, 11) is 1.44. The number of ether oxygens (including phenoxy) is 3. The van der Waals surface area contributed by atoms with Gasteiger partial charge in [-0.25, -0.2) is 4.79 Å². The van der Waals surface area contributed by atoms with E-state index in [1.807, 2.05) is 0 Å². The molecule has 1 amide bonds. The van der Waals surface area contributed by atoms with Gasteiger partial charge in [0.15, 0.2) is 6.61 Å². The normalized spacial score (nSPS) is 11.4. The van der Waals surface area contributed by atoms with Crippen molar-refractivity contribution >= 4 is 40.1 Å². The van der Waals surface area contributed by atoms with Crippen molar-refractivity contribution < 1.29 is 37.0 Å². The summed E-state index contributed by atoms with van der Waals surface area (Å²) in [5, 5.41) is 3.01. The highest BCUT2D eigenvalue weighted by atomic mass is 35.5. The number of amides is 1. The summed E-state index contributed by atoms with van der Waals surface area (Å²) in [6, 6.07) is 9.56. The Balaban J connectivity index is 1.70. The number of H-pyrrole nitrogens is 1. The van der Waals surface area contributed by atoms with Crippen LogP contribution < -0.4 is 10.1 Å². The fourth-order valence-corrected chi connectivity index (χ4v) is 3.09. The average molecular weight is 471 g/mol. The van der Waals surface area contributed by atoms with Gasteiger partial charge in [0.05, 0.1) is 22.9 Å². The van der Waals surface area contributed by atoms with Crippen molar-refractivity contribution in [2.24, 2.45) is 0 Å². The number of anilines is 1. The summed E-state index contributed by atoms with van der Waals surface area (Å²) < 4.78 is 54.3. The van der Waals surface area contributed by atoms with Crippen LogP contribution in [0.25, 0.3) is 10.9 Å². The molecule has 1 heterocycles. The van der Waals surface area contributed by atoms with Gasteiger partial charge in [-0.15, -0.1) is 0 Å². The number of benzene rings is 2. The number of rotatable bonds is 8. The molecule has 0 radical (unpaired) electrons. The Morgan fingerprint density at radius 1 is 1.12 bits per heavy atom. The molecule has 7 nitrogen and oxygen atoms in total. The smallest absolute Gasteiger partial charge is 0.416 e. The molecule has 0 aliphatic carbocycles. The van der Waals surface area contributed by atoms with Crippen LogP contribution in [0.4, 0.5) is 18.9 Å². The quantitative estimate of drug-likeness (QED) is 0.369. The number of aromatic amines is 1. The van der Waals surface area contributed by atoms with Crippen LogP contribution in [0.2, 0.25) is 5.02 Å². The van der Waals surface area contributed by atoms with Gasteiger partial charge in [-0.2, -0.15) is 13.2 Å². The second kappa shape index (κ2) is 9.92. The predicted molar refractivity (Wildman–Crippen MR) is 111 cm³/mol. The topological polar surface area (TPSA) is 89.7 Å². The number of aromatic nitrogens is 1. The number of hydrogen-bond acceptors (Lipinski definition) is 5. The van der Waals surface area contributed by atoms with Crippen molar-refractivity contribution in [3.63, 3.8) is 0 Å². The van der Waals surface area contributed by atoms with E-state index in [1.165, 1.54) is 7.11 Å². The van der Waals surface area contributed by atoms with Gasteiger partial charge in [0.2, 0.25) is 0 Å². The van der Waals surface area contributed by atoms with Gasteiger partial charge in [-0.3, -0.25) is 4.79 Å². The first-order chi connectivity index (χ1) is 15.2. The molecule has 0 aliphatic rings. The zero-order chi connectivity index (χ0) is 23.3. The Labute approximate surface area is 185 Å². The van der Waals surface area contributed by atoms with Crippen molar-refractivity contribution in [1.82, 2.24) is 4.98 Å². The largest absolute Gasteiger partial charge is 0.489 e.